The van der Waals surface area contributed by atoms with Crippen LogP contribution in [-0.2, 0) is 6.54 Å². The summed E-state index contributed by atoms with van der Waals surface area (Å²) in [5.41, 5.74) is -0.865. The number of carbonyl (C=O) groups is 1. The maximum atomic E-state index is 12.7. The summed E-state index contributed by atoms with van der Waals surface area (Å²) in [6.07, 6.45) is 4.71. The molecule has 112 valence electrons. The molecule has 1 aromatic heterocycles. The monoisotopic (exact) mass is 290 g/mol. The Bertz CT molecular complexity index is 692. The molecule has 6 nitrogen and oxygen atoms in total. The maximum Gasteiger partial charge on any atom is 0.275 e. The molecule has 0 spiro atoms. The molecule has 6 heteroatoms. The second-order valence-corrected chi connectivity index (χ2v) is 6.56. The molecule has 1 aliphatic carbocycles. The minimum absolute atomic E-state index is 0.0114. The Balaban J connectivity index is 1.84. The van der Waals surface area contributed by atoms with E-state index >= 15 is 0 Å². The predicted molar refractivity (Wildman–Crippen MR) is 74.3 cm³/mol. The van der Waals surface area contributed by atoms with Crippen LogP contribution in [0.25, 0.3) is 0 Å². The van der Waals surface area contributed by atoms with Gasteiger partial charge >= 0.3 is 0 Å². The van der Waals surface area contributed by atoms with Crippen LogP contribution in [0.2, 0.25) is 0 Å². The first-order valence-corrected chi connectivity index (χ1v) is 7.47. The van der Waals surface area contributed by atoms with Crippen LogP contribution >= 0.6 is 0 Å². The summed E-state index contributed by atoms with van der Waals surface area (Å²) in [4.78, 5) is 26.2. The molecule has 3 heterocycles. The van der Waals surface area contributed by atoms with Crippen molar-refractivity contribution in [1.29, 1.82) is 0 Å². The zero-order valence-corrected chi connectivity index (χ0v) is 11.8. The number of amides is 1. The fourth-order valence-electron chi connectivity index (χ4n) is 4.13. The van der Waals surface area contributed by atoms with Crippen LogP contribution in [0, 0.1) is 11.8 Å². The molecule has 2 fully saturated rings. The highest BCUT2D eigenvalue weighted by atomic mass is 16.3. The Morgan fingerprint density at radius 1 is 1.24 bits per heavy atom. The summed E-state index contributed by atoms with van der Waals surface area (Å²) < 4.78 is 1.54. The molecule has 3 atom stereocenters. The number of aromatic nitrogens is 1. The highest BCUT2D eigenvalue weighted by molar-refractivity contribution is 5.96. The van der Waals surface area contributed by atoms with Gasteiger partial charge in [-0.1, -0.05) is 0 Å². The molecule has 4 rings (SSSR count). The lowest BCUT2D eigenvalue weighted by Crippen LogP contribution is -2.49. The maximum absolute atomic E-state index is 12.7. The first-order valence-electron chi connectivity index (χ1n) is 7.47. The van der Waals surface area contributed by atoms with E-state index in [1.807, 2.05) is 11.8 Å². The Morgan fingerprint density at radius 3 is 2.62 bits per heavy atom. The highest BCUT2D eigenvalue weighted by Gasteiger charge is 2.51. The van der Waals surface area contributed by atoms with Crippen molar-refractivity contribution in [2.45, 2.75) is 44.8 Å². The Labute approximate surface area is 121 Å². The molecular formula is C15H18N2O4. The van der Waals surface area contributed by atoms with Gasteiger partial charge in [0, 0.05) is 12.6 Å². The molecule has 1 saturated carbocycles. The number of hydrogen-bond donors (Lipinski definition) is 2. The van der Waals surface area contributed by atoms with Gasteiger partial charge in [-0.05, 0) is 38.0 Å². The number of nitrogens with zero attached hydrogens (tertiary/aromatic N) is 2. The van der Waals surface area contributed by atoms with Gasteiger partial charge in [-0.2, -0.15) is 0 Å². The largest absolute Gasteiger partial charge is 0.503 e. The van der Waals surface area contributed by atoms with Gasteiger partial charge in [-0.25, -0.2) is 0 Å². The first kappa shape index (κ1) is 12.7. The molecule has 2 N–H and O–H groups in total. The van der Waals surface area contributed by atoms with Gasteiger partial charge in [-0.3, -0.25) is 9.59 Å². The van der Waals surface area contributed by atoms with Gasteiger partial charge in [0.05, 0.1) is 12.2 Å². The fraction of sp³-hybridized carbons (Fsp3) is 0.600. The summed E-state index contributed by atoms with van der Waals surface area (Å²) in [5, 5.41) is 19.6. The van der Waals surface area contributed by atoms with Crippen molar-refractivity contribution in [2.24, 2.45) is 11.8 Å². The summed E-state index contributed by atoms with van der Waals surface area (Å²) in [6.45, 7) is 2.56. The summed E-state index contributed by atoms with van der Waals surface area (Å²) in [6, 6.07) is 0.235. The number of fused-ring (bicyclic) bond motifs is 2. The highest BCUT2D eigenvalue weighted by Crippen LogP contribution is 2.48. The molecule has 1 unspecified atom stereocenters. The lowest BCUT2D eigenvalue weighted by molar-refractivity contribution is 0.0563. The average molecular weight is 290 g/mol. The van der Waals surface area contributed by atoms with Gasteiger partial charge in [-0.15, -0.1) is 0 Å². The van der Waals surface area contributed by atoms with Crippen LogP contribution in [-0.4, -0.2) is 37.7 Å². The van der Waals surface area contributed by atoms with Gasteiger partial charge in [0.1, 0.15) is 0 Å². The van der Waals surface area contributed by atoms with E-state index in [0.717, 1.165) is 6.42 Å². The van der Waals surface area contributed by atoms with Crippen molar-refractivity contribution in [2.75, 3.05) is 0 Å². The third-order valence-electron chi connectivity index (χ3n) is 5.23. The van der Waals surface area contributed by atoms with Crippen LogP contribution in [0.15, 0.2) is 11.0 Å². The van der Waals surface area contributed by atoms with Crippen LogP contribution < -0.4 is 5.43 Å². The van der Waals surface area contributed by atoms with E-state index in [4.69, 9.17) is 0 Å². The molecule has 3 aliphatic rings. The number of aromatic hydroxyl groups is 2. The van der Waals surface area contributed by atoms with Gasteiger partial charge in [0.2, 0.25) is 0 Å². The van der Waals surface area contributed by atoms with Gasteiger partial charge in [0.15, 0.2) is 17.2 Å². The van der Waals surface area contributed by atoms with Crippen molar-refractivity contribution >= 4 is 5.91 Å². The van der Waals surface area contributed by atoms with Crippen LogP contribution in [0.3, 0.4) is 0 Å². The molecule has 1 saturated heterocycles. The van der Waals surface area contributed by atoms with E-state index in [1.165, 1.54) is 19.0 Å². The third-order valence-corrected chi connectivity index (χ3v) is 5.23. The molecule has 21 heavy (non-hydrogen) atoms. The SMILES string of the molecule is C[C@H]1CC(C2CC2)[C@H]2Cn3cc(O)c(=O)c(O)c3C(=O)N21. The van der Waals surface area contributed by atoms with Crippen molar-refractivity contribution in [1.82, 2.24) is 9.47 Å². The van der Waals surface area contributed by atoms with E-state index in [0.29, 0.717) is 18.4 Å². The summed E-state index contributed by atoms with van der Waals surface area (Å²) in [7, 11) is 0. The normalized spacial score (nSPS) is 31.2. The number of hydrogen-bond acceptors (Lipinski definition) is 4. The minimum atomic E-state index is -0.876. The second-order valence-electron chi connectivity index (χ2n) is 6.56. The topological polar surface area (TPSA) is 82.8 Å². The van der Waals surface area contributed by atoms with E-state index in [2.05, 4.69) is 0 Å². The quantitative estimate of drug-likeness (QED) is 0.805. The zero-order valence-electron chi connectivity index (χ0n) is 11.8. The first-order chi connectivity index (χ1) is 9.99. The third kappa shape index (κ3) is 1.65. The second kappa shape index (κ2) is 4.02. The van der Waals surface area contributed by atoms with Crippen LogP contribution in [0.5, 0.6) is 11.5 Å². The summed E-state index contributed by atoms with van der Waals surface area (Å²) >= 11 is 0. The van der Waals surface area contributed by atoms with Crippen molar-refractivity contribution < 1.29 is 15.0 Å². The van der Waals surface area contributed by atoms with Crippen molar-refractivity contribution in [3.63, 3.8) is 0 Å². The Morgan fingerprint density at radius 2 is 1.95 bits per heavy atom. The lowest BCUT2D eigenvalue weighted by atomic mass is 9.93. The molecule has 1 amide bonds. The fourth-order valence-corrected chi connectivity index (χ4v) is 4.13. The Kier molecular flexibility index (Phi) is 2.44. The minimum Gasteiger partial charge on any atom is -0.503 e. The standard InChI is InChI=1S/C15H18N2O4/c1-7-4-9(8-2-3-8)10-5-16-6-11(18)13(19)14(20)12(16)15(21)17(7)10/h6-10,18,20H,2-5H2,1H3/t7-,9?,10+/m0/s1. The summed E-state index contributed by atoms with van der Waals surface area (Å²) in [5.74, 6) is -0.261. The average Bonchev–Trinajstić information content (AvgIpc) is 3.21. The van der Waals surface area contributed by atoms with Gasteiger partial charge < -0.3 is 19.7 Å². The number of carbonyl (C=O) groups excluding carboxylic acids is 1. The van der Waals surface area contributed by atoms with Crippen LogP contribution in [0.1, 0.15) is 36.7 Å². The molecule has 0 radical (unpaired) electrons. The van der Waals surface area contributed by atoms with E-state index in [9.17, 15) is 19.8 Å². The Hall–Kier alpha value is -1.98. The molecule has 2 aliphatic heterocycles. The molecular weight excluding hydrogens is 272 g/mol. The predicted octanol–water partition coefficient (Wildman–Crippen LogP) is 0.902. The van der Waals surface area contributed by atoms with Crippen LogP contribution in [0.4, 0.5) is 0 Å². The van der Waals surface area contributed by atoms with E-state index < -0.39 is 16.9 Å². The number of rotatable bonds is 1. The van der Waals surface area contributed by atoms with Crippen molar-refractivity contribution in [3.05, 3.63) is 22.1 Å². The van der Waals surface area contributed by atoms with E-state index in [1.54, 1.807) is 4.57 Å². The zero-order chi connectivity index (χ0) is 14.9. The molecule has 0 bridgehead atoms. The van der Waals surface area contributed by atoms with E-state index in [-0.39, 0.29) is 23.7 Å². The van der Waals surface area contributed by atoms with Gasteiger partial charge in [0.25, 0.3) is 11.3 Å². The van der Waals surface area contributed by atoms with Crippen molar-refractivity contribution in [3.8, 4) is 11.5 Å². The smallest absolute Gasteiger partial charge is 0.275 e. The lowest BCUT2D eigenvalue weighted by Gasteiger charge is -2.37. The number of pyridine rings is 1. The molecule has 1 aromatic rings. The molecule has 0 aromatic carbocycles.